The summed E-state index contributed by atoms with van der Waals surface area (Å²) in [5.41, 5.74) is 0.956. The molecule has 0 radical (unpaired) electrons. The molecule has 2 aliphatic heterocycles. The van der Waals surface area contributed by atoms with E-state index >= 15 is 0 Å². The van der Waals surface area contributed by atoms with Crippen LogP contribution in [0.1, 0.15) is 5.56 Å². The molecule has 4 rings (SSSR count). The van der Waals surface area contributed by atoms with E-state index < -0.39 is 0 Å². The highest BCUT2D eigenvalue weighted by Crippen LogP contribution is 2.18. The summed E-state index contributed by atoms with van der Waals surface area (Å²) in [6.07, 6.45) is 3.44. The molecule has 0 bridgehead atoms. The number of ether oxygens (including phenoxy) is 1. The number of hydrogen-bond donors (Lipinski definition) is 0. The Morgan fingerprint density at radius 1 is 0.862 bits per heavy atom. The smallest absolute Gasteiger partial charge is 0.246 e. The minimum absolute atomic E-state index is 0.0216. The van der Waals surface area contributed by atoms with Crippen molar-refractivity contribution in [2.24, 2.45) is 0 Å². The number of aromatic nitrogens is 2. The van der Waals surface area contributed by atoms with Crippen LogP contribution in [0.5, 0.6) is 0 Å². The van der Waals surface area contributed by atoms with E-state index in [9.17, 15) is 4.79 Å². The highest BCUT2D eigenvalue weighted by Gasteiger charge is 2.21. The first-order valence-electron chi connectivity index (χ1n) is 9.83. The zero-order chi connectivity index (χ0) is 20.1. The molecule has 2 aliphatic rings. The highest BCUT2D eigenvalue weighted by atomic mass is 35.5. The molecule has 2 fully saturated rings. The van der Waals surface area contributed by atoms with E-state index in [2.05, 4.69) is 20.0 Å². The molecule has 0 unspecified atom stereocenters. The summed E-state index contributed by atoms with van der Waals surface area (Å²) >= 11 is 5.89. The molecule has 7 nitrogen and oxygen atoms in total. The maximum atomic E-state index is 12.5. The number of halogens is 1. The van der Waals surface area contributed by atoms with E-state index in [-0.39, 0.29) is 5.91 Å². The minimum atomic E-state index is 0.0216. The van der Waals surface area contributed by atoms with Gasteiger partial charge in [0, 0.05) is 50.4 Å². The summed E-state index contributed by atoms with van der Waals surface area (Å²) < 4.78 is 5.38. The molecule has 0 atom stereocenters. The summed E-state index contributed by atoms with van der Waals surface area (Å²) in [4.78, 5) is 18.7. The van der Waals surface area contributed by atoms with Gasteiger partial charge in [-0.1, -0.05) is 23.7 Å². The third kappa shape index (κ3) is 5.05. The summed E-state index contributed by atoms with van der Waals surface area (Å²) in [5, 5.41) is 9.46. The molecule has 29 heavy (non-hydrogen) atoms. The molecule has 0 spiro atoms. The first-order valence-corrected chi connectivity index (χ1v) is 10.2. The molecule has 2 saturated heterocycles. The number of benzene rings is 1. The van der Waals surface area contributed by atoms with Gasteiger partial charge in [-0.2, -0.15) is 0 Å². The lowest BCUT2D eigenvalue weighted by molar-refractivity contribution is -0.126. The summed E-state index contributed by atoms with van der Waals surface area (Å²) in [6.45, 7) is 5.96. The zero-order valence-corrected chi connectivity index (χ0v) is 17.0. The van der Waals surface area contributed by atoms with Crippen LogP contribution in [-0.4, -0.2) is 73.5 Å². The third-order valence-corrected chi connectivity index (χ3v) is 5.43. The van der Waals surface area contributed by atoms with Crippen molar-refractivity contribution in [2.75, 3.05) is 62.3 Å². The summed E-state index contributed by atoms with van der Waals surface area (Å²) in [7, 11) is 0. The number of morpholine rings is 1. The first-order chi connectivity index (χ1) is 14.2. The first kappa shape index (κ1) is 19.7. The number of nitrogens with zero attached hydrogens (tertiary/aromatic N) is 5. The van der Waals surface area contributed by atoms with Crippen LogP contribution in [0.2, 0.25) is 5.02 Å². The number of carbonyl (C=O) groups is 1. The van der Waals surface area contributed by atoms with Gasteiger partial charge in [-0.05, 0) is 35.9 Å². The van der Waals surface area contributed by atoms with Crippen LogP contribution in [0.3, 0.4) is 0 Å². The van der Waals surface area contributed by atoms with Crippen LogP contribution >= 0.6 is 11.6 Å². The highest BCUT2D eigenvalue weighted by molar-refractivity contribution is 6.30. The second kappa shape index (κ2) is 9.24. The maximum Gasteiger partial charge on any atom is 0.246 e. The van der Waals surface area contributed by atoms with Crippen molar-refractivity contribution < 1.29 is 9.53 Å². The number of anilines is 2. The number of hydrogen-bond acceptors (Lipinski definition) is 6. The zero-order valence-electron chi connectivity index (χ0n) is 16.2. The van der Waals surface area contributed by atoms with Crippen molar-refractivity contribution in [1.29, 1.82) is 0 Å². The van der Waals surface area contributed by atoms with E-state index in [0.29, 0.717) is 18.1 Å². The van der Waals surface area contributed by atoms with Crippen molar-refractivity contribution in [1.82, 2.24) is 15.1 Å². The van der Waals surface area contributed by atoms with Crippen molar-refractivity contribution in [3.05, 3.63) is 53.1 Å². The Hall–Kier alpha value is -2.64. The predicted octanol–water partition coefficient (Wildman–Crippen LogP) is 2.33. The van der Waals surface area contributed by atoms with Crippen LogP contribution in [0.25, 0.3) is 6.08 Å². The molecule has 1 aromatic carbocycles. The largest absolute Gasteiger partial charge is 0.378 e. The van der Waals surface area contributed by atoms with Gasteiger partial charge in [0.25, 0.3) is 0 Å². The molecule has 3 heterocycles. The van der Waals surface area contributed by atoms with Gasteiger partial charge in [-0.25, -0.2) is 0 Å². The number of carbonyl (C=O) groups excluding carboxylic acids is 1. The fourth-order valence-corrected chi connectivity index (χ4v) is 3.58. The molecular weight excluding hydrogens is 390 g/mol. The van der Waals surface area contributed by atoms with Crippen LogP contribution in [0.4, 0.5) is 11.6 Å². The fourth-order valence-electron chi connectivity index (χ4n) is 3.45. The Morgan fingerprint density at radius 3 is 2.03 bits per heavy atom. The topological polar surface area (TPSA) is 61.8 Å². The Morgan fingerprint density at radius 2 is 1.45 bits per heavy atom. The van der Waals surface area contributed by atoms with Gasteiger partial charge in [0.15, 0.2) is 11.6 Å². The van der Waals surface area contributed by atoms with Crippen LogP contribution in [0.15, 0.2) is 42.5 Å². The Balaban J connectivity index is 1.29. The van der Waals surface area contributed by atoms with Gasteiger partial charge in [0.2, 0.25) is 5.91 Å². The molecule has 0 N–H and O–H groups in total. The Labute approximate surface area is 175 Å². The average Bonchev–Trinajstić information content (AvgIpc) is 2.79. The van der Waals surface area contributed by atoms with Gasteiger partial charge >= 0.3 is 0 Å². The van der Waals surface area contributed by atoms with Gasteiger partial charge in [-0.3, -0.25) is 4.79 Å². The molecule has 1 aromatic heterocycles. The lowest BCUT2D eigenvalue weighted by Gasteiger charge is -2.35. The van der Waals surface area contributed by atoms with Crippen molar-refractivity contribution in [3.63, 3.8) is 0 Å². The maximum absolute atomic E-state index is 12.5. The van der Waals surface area contributed by atoms with Crippen LogP contribution < -0.4 is 9.80 Å². The predicted molar refractivity (Wildman–Crippen MR) is 114 cm³/mol. The fraction of sp³-hybridized carbons (Fsp3) is 0.381. The van der Waals surface area contributed by atoms with Gasteiger partial charge in [0.05, 0.1) is 13.2 Å². The lowest BCUT2D eigenvalue weighted by atomic mass is 10.2. The molecule has 0 saturated carbocycles. The molecule has 2 aromatic rings. The van der Waals surface area contributed by atoms with Gasteiger partial charge in [0.1, 0.15) is 0 Å². The Kier molecular flexibility index (Phi) is 6.27. The second-order valence-corrected chi connectivity index (χ2v) is 7.48. The number of rotatable bonds is 4. The van der Waals surface area contributed by atoms with Gasteiger partial charge < -0.3 is 19.4 Å². The summed E-state index contributed by atoms with van der Waals surface area (Å²) in [5.74, 6) is 1.76. The standard InChI is InChI=1S/C21H24ClN5O2/c22-18-4-1-17(2-5-18)3-8-21(28)27-11-9-25(10-12-27)19-6-7-20(24-23-19)26-13-15-29-16-14-26/h1-8H,9-16H2/b8-3+. The number of piperazine rings is 1. The van der Waals surface area contributed by atoms with Crippen molar-refractivity contribution in [3.8, 4) is 0 Å². The van der Waals surface area contributed by atoms with E-state index in [1.165, 1.54) is 0 Å². The lowest BCUT2D eigenvalue weighted by Crippen LogP contribution is -2.48. The molecule has 1 amide bonds. The van der Waals surface area contributed by atoms with Crippen molar-refractivity contribution in [2.45, 2.75) is 0 Å². The molecular formula is C21H24ClN5O2. The average molecular weight is 414 g/mol. The molecule has 152 valence electrons. The van der Waals surface area contributed by atoms with Crippen molar-refractivity contribution >= 4 is 35.2 Å². The minimum Gasteiger partial charge on any atom is -0.378 e. The van der Waals surface area contributed by atoms with E-state index in [4.69, 9.17) is 16.3 Å². The second-order valence-electron chi connectivity index (χ2n) is 7.05. The van der Waals surface area contributed by atoms with Crippen LogP contribution in [-0.2, 0) is 9.53 Å². The normalized spacial score (nSPS) is 17.8. The molecule has 0 aliphatic carbocycles. The van der Waals surface area contributed by atoms with Crippen LogP contribution in [0, 0.1) is 0 Å². The monoisotopic (exact) mass is 413 g/mol. The van der Waals surface area contributed by atoms with E-state index in [0.717, 1.165) is 56.6 Å². The Bertz CT molecular complexity index is 842. The quantitative estimate of drug-likeness (QED) is 0.717. The third-order valence-electron chi connectivity index (χ3n) is 5.18. The summed E-state index contributed by atoms with van der Waals surface area (Å²) in [6, 6.07) is 11.4. The van der Waals surface area contributed by atoms with Gasteiger partial charge in [-0.15, -0.1) is 10.2 Å². The SMILES string of the molecule is O=C(/C=C/c1ccc(Cl)cc1)N1CCN(c2ccc(N3CCOCC3)nn2)CC1. The molecule has 8 heteroatoms. The number of amides is 1. The van der Waals surface area contributed by atoms with E-state index in [1.807, 2.05) is 47.4 Å². The van der Waals surface area contributed by atoms with E-state index in [1.54, 1.807) is 6.08 Å².